The molecule has 2 aromatic heterocycles. The van der Waals surface area contributed by atoms with Crippen molar-refractivity contribution in [1.82, 2.24) is 9.97 Å². The van der Waals surface area contributed by atoms with Gasteiger partial charge < -0.3 is 14.5 Å². The van der Waals surface area contributed by atoms with E-state index >= 15 is 0 Å². The Morgan fingerprint density at radius 2 is 2.13 bits per heavy atom. The molecule has 76 valence electrons. The molecule has 0 aliphatic carbocycles. The number of aryl methyl sites for hydroxylation is 1. The van der Waals surface area contributed by atoms with E-state index in [1.807, 2.05) is 0 Å². The minimum Gasteiger partial charge on any atom is -0.441 e. The second kappa shape index (κ2) is 3.49. The van der Waals surface area contributed by atoms with Gasteiger partial charge in [-0.1, -0.05) is 0 Å². The van der Waals surface area contributed by atoms with Crippen LogP contribution in [0.25, 0.3) is 11.3 Å². The molecule has 0 bridgehead atoms. The highest BCUT2D eigenvalue weighted by Crippen LogP contribution is 2.20. The second-order valence-corrected chi connectivity index (χ2v) is 2.91. The smallest absolute Gasteiger partial charge is 0.363 e. The average molecular weight is 205 g/mol. The van der Waals surface area contributed by atoms with Gasteiger partial charge in [0.15, 0.2) is 17.8 Å². The van der Waals surface area contributed by atoms with Crippen molar-refractivity contribution in [2.75, 3.05) is 0 Å². The highest BCUT2D eigenvalue weighted by molar-refractivity contribution is 5.55. The number of oxazole rings is 1. The van der Waals surface area contributed by atoms with E-state index in [1.54, 1.807) is 19.2 Å². The Morgan fingerprint density at radius 1 is 1.33 bits per heavy atom. The molecule has 2 heterocycles. The Balaban J connectivity index is 2.35. The highest BCUT2D eigenvalue weighted by atomic mass is 16.6. The maximum Gasteiger partial charge on any atom is 0.363 e. The van der Waals surface area contributed by atoms with Crippen molar-refractivity contribution in [1.29, 1.82) is 0 Å². The predicted molar refractivity (Wildman–Crippen MR) is 51.1 cm³/mol. The molecule has 2 aromatic rings. The Labute approximate surface area is 84.7 Å². The first-order valence-electron chi connectivity index (χ1n) is 4.20. The van der Waals surface area contributed by atoms with Gasteiger partial charge in [0, 0.05) is 13.0 Å². The van der Waals surface area contributed by atoms with Crippen molar-refractivity contribution in [2.24, 2.45) is 0 Å². The molecule has 0 atom stereocenters. The van der Waals surface area contributed by atoms with E-state index in [0.717, 1.165) is 0 Å². The number of nitrogens with zero attached hydrogens (tertiary/aromatic N) is 3. The van der Waals surface area contributed by atoms with E-state index in [0.29, 0.717) is 17.2 Å². The van der Waals surface area contributed by atoms with Gasteiger partial charge >= 0.3 is 5.82 Å². The van der Waals surface area contributed by atoms with Crippen molar-refractivity contribution in [3.63, 3.8) is 0 Å². The normalized spacial score (nSPS) is 10.2. The summed E-state index contributed by atoms with van der Waals surface area (Å²) >= 11 is 0. The fourth-order valence-corrected chi connectivity index (χ4v) is 1.13. The molecule has 2 rings (SSSR count). The van der Waals surface area contributed by atoms with Crippen LogP contribution in [0.2, 0.25) is 0 Å². The SMILES string of the molecule is Cc1ncc(-c2ccc([N+](=O)[O-])nc2)o1. The van der Waals surface area contributed by atoms with E-state index in [2.05, 4.69) is 9.97 Å². The predicted octanol–water partition coefficient (Wildman–Crippen LogP) is 1.95. The van der Waals surface area contributed by atoms with Crippen LogP contribution in [0.1, 0.15) is 5.89 Å². The summed E-state index contributed by atoms with van der Waals surface area (Å²) in [7, 11) is 0. The summed E-state index contributed by atoms with van der Waals surface area (Å²) in [5.41, 5.74) is 0.668. The fraction of sp³-hybridized carbons (Fsp3) is 0.111. The van der Waals surface area contributed by atoms with Crippen molar-refractivity contribution in [2.45, 2.75) is 6.92 Å². The summed E-state index contributed by atoms with van der Waals surface area (Å²) < 4.78 is 5.25. The van der Waals surface area contributed by atoms with E-state index < -0.39 is 4.92 Å². The zero-order valence-electron chi connectivity index (χ0n) is 7.88. The standard InChI is InChI=1S/C9H7N3O3/c1-6-10-5-8(15-6)7-2-3-9(11-4-7)12(13)14/h2-5H,1H3. The Morgan fingerprint density at radius 3 is 2.60 bits per heavy atom. The Hall–Kier alpha value is -2.24. The lowest BCUT2D eigenvalue weighted by atomic mass is 10.2. The van der Waals surface area contributed by atoms with E-state index in [-0.39, 0.29) is 5.82 Å². The molecule has 0 aliphatic heterocycles. The molecule has 15 heavy (non-hydrogen) atoms. The van der Waals surface area contributed by atoms with Crippen LogP contribution in [-0.2, 0) is 0 Å². The monoisotopic (exact) mass is 205 g/mol. The maximum absolute atomic E-state index is 10.4. The van der Waals surface area contributed by atoms with Gasteiger partial charge in [-0.05, 0) is 16.0 Å². The lowest BCUT2D eigenvalue weighted by Crippen LogP contribution is -1.90. The third-order valence-corrected chi connectivity index (χ3v) is 1.84. The molecule has 0 saturated carbocycles. The van der Waals surface area contributed by atoms with Gasteiger partial charge in [-0.3, -0.25) is 0 Å². The minimum atomic E-state index is -0.546. The third kappa shape index (κ3) is 1.83. The van der Waals surface area contributed by atoms with Gasteiger partial charge in [-0.2, -0.15) is 0 Å². The molecule has 0 saturated heterocycles. The van der Waals surface area contributed by atoms with Crippen molar-refractivity contribution >= 4 is 5.82 Å². The number of hydrogen-bond donors (Lipinski definition) is 0. The second-order valence-electron chi connectivity index (χ2n) is 2.91. The van der Waals surface area contributed by atoms with Crippen LogP contribution in [0.3, 0.4) is 0 Å². The van der Waals surface area contributed by atoms with Gasteiger partial charge in [-0.25, -0.2) is 4.98 Å². The molecule has 0 aliphatic rings. The zero-order chi connectivity index (χ0) is 10.8. The summed E-state index contributed by atoms with van der Waals surface area (Å²) in [6, 6.07) is 2.90. The first-order chi connectivity index (χ1) is 7.16. The summed E-state index contributed by atoms with van der Waals surface area (Å²) in [5.74, 6) is 0.910. The molecule has 0 unspecified atom stereocenters. The number of pyridine rings is 1. The fourth-order valence-electron chi connectivity index (χ4n) is 1.13. The molecule has 0 aromatic carbocycles. The largest absolute Gasteiger partial charge is 0.441 e. The summed E-state index contributed by atoms with van der Waals surface area (Å²) in [6.07, 6.45) is 2.94. The number of aromatic nitrogens is 2. The van der Waals surface area contributed by atoms with Crippen LogP contribution in [-0.4, -0.2) is 14.9 Å². The van der Waals surface area contributed by atoms with Crippen LogP contribution in [0.5, 0.6) is 0 Å². The zero-order valence-corrected chi connectivity index (χ0v) is 7.88. The Kier molecular flexibility index (Phi) is 2.17. The highest BCUT2D eigenvalue weighted by Gasteiger charge is 2.09. The van der Waals surface area contributed by atoms with Crippen LogP contribution in [0.15, 0.2) is 28.9 Å². The maximum atomic E-state index is 10.4. The number of rotatable bonds is 2. The molecule has 6 heteroatoms. The first-order valence-corrected chi connectivity index (χ1v) is 4.20. The molecule has 6 nitrogen and oxygen atoms in total. The molecular weight excluding hydrogens is 198 g/mol. The first kappa shape index (κ1) is 9.32. The van der Waals surface area contributed by atoms with Gasteiger partial charge in [-0.15, -0.1) is 0 Å². The minimum absolute atomic E-state index is 0.185. The van der Waals surface area contributed by atoms with Gasteiger partial charge in [0.2, 0.25) is 0 Å². The molecular formula is C9H7N3O3. The third-order valence-electron chi connectivity index (χ3n) is 1.84. The Bertz CT molecular complexity index is 490. The topological polar surface area (TPSA) is 82.1 Å². The molecule has 0 N–H and O–H groups in total. The van der Waals surface area contributed by atoms with Gasteiger partial charge in [0.05, 0.1) is 11.8 Å². The van der Waals surface area contributed by atoms with Crippen LogP contribution in [0, 0.1) is 17.0 Å². The van der Waals surface area contributed by atoms with Crippen LogP contribution in [0.4, 0.5) is 5.82 Å². The number of hydrogen-bond acceptors (Lipinski definition) is 5. The molecule has 0 fully saturated rings. The summed E-state index contributed by atoms with van der Waals surface area (Å²) in [4.78, 5) is 17.4. The lowest BCUT2D eigenvalue weighted by molar-refractivity contribution is -0.389. The van der Waals surface area contributed by atoms with Gasteiger partial charge in [0.1, 0.15) is 0 Å². The average Bonchev–Trinajstić information content (AvgIpc) is 2.65. The van der Waals surface area contributed by atoms with E-state index in [1.165, 1.54) is 12.3 Å². The molecule has 0 radical (unpaired) electrons. The van der Waals surface area contributed by atoms with Crippen molar-refractivity contribution < 1.29 is 9.34 Å². The summed E-state index contributed by atoms with van der Waals surface area (Å²) in [5, 5.41) is 10.4. The van der Waals surface area contributed by atoms with Crippen molar-refractivity contribution in [3.8, 4) is 11.3 Å². The van der Waals surface area contributed by atoms with Crippen molar-refractivity contribution in [3.05, 3.63) is 40.5 Å². The van der Waals surface area contributed by atoms with Gasteiger partial charge in [0.25, 0.3) is 0 Å². The van der Waals surface area contributed by atoms with Crippen LogP contribution >= 0.6 is 0 Å². The lowest BCUT2D eigenvalue weighted by Gasteiger charge is -1.93. The van der Waals surface area contributed by atoms with E-state index in [4.69, 9.17) is 4.42 Å². The van der Waals surface area contributed by atoms with Crippen LogP contribution < -0.4 is 0 Å². The van der Waals surface area contributed by atoms with E-state index in [9.17, 15) is 10.1 Å². The molecule has 0 spiro atoms. The number of nitro groups is 1. The molecule has 0 amide bonds. The quantitative estimate of drug-likeness (QED) is 0.552. The summed E-state index contributed by atoms with van der Waals surface area (Å²) in [6.45, 7) is 1.72.